The molecule has 2 aromatic carbocycles. The quantitative estimate of drug-likeness (QED) is 0.873. The SMILES string of the molecule is CCOc1ccc(C(c2ccc(OC)cc2)N2CCCNCC2)cc1. The first-order chi connectivity index (χ1) is 12.3. The molecule has 1 fully saturated rings. The Morgan fingerprint density at radius 1 is 0.920 bits per heavy atom. The van der Waals surface area contributed by atoms with E-state index in [0.717, 1.165) is 37.7 Å². The van der Waals surface area contributed by atoms with Gasteiger partial charge in [-0.25, -0.2) is 0 Å². The number of nitrogens with zero attached hydrogens (tertiary/aromatic N) is 1. The van der Waals surface area contributed by atoms with Gasteiger partial charge in [0.05, 0.1) is 19.8 Å². The molecule has 1 aliphatic rings. The van der Waals surface area contributed by atoms with Gasteiger partial charge in [-0.1, -0.05) is 24.3 Å². The van der Waals surface area contributed by atoms with E-state index in [1.807, 2.05) is 19.1 Å². The highest BCUT2D eigenvalue weighted by molar-refractivity contribution is 5.38. The van der Waals surface area contributed by atoms with Gasteiger partial charge in [0.15, 0.2) is 0 Å². The van der Waals surface area contributed by atoms with Crippen molar-refractivity contribution in [1.29, 1.82) is 0 Å². The van der Waals surface area contributed by atoms with E-state index < -0.39 is 0 Å². The number of nitrogens with one attached hydrogen (secondary N) is 1. The number of benzene rings is 2. The summed E-state index contributed by atoms with van der Waals surface area (Å²) in [7, 11) is 1.71. The standard InChI is InChI=1S/C21H28N2O2/c1-3-25-20-11-7-18(8-12-20)21(23-15-4-13-22-14-16-23)17-5-9-19(24-2)10-6-17/h5-12,21-22H,3-4,13-16H2,1-2H3. The van der Waals surface area contributed by atoms with Crippen molar-refractivity contribution in [3.63, 3.8) is 0 Å². The molecule has 3 rings (SSSR count). The molecule has 1 unspecified atom stereocenters. The van der Waals surface area contributed by atoms with Crippen LogP contribution in [0.4, 0.5) is 0 Å². The van der Waals surface area contributed by atoms with Crippen LogP contribution in [-0.4, -0.2) is 44.8 Å². The van der Waals surface area contributed by atoms with Crippen molar-refractivity contribution in [1.82, 2.24) is 10.2 Å². The minimum atomic E-state index is 0.251. The van der Waals surface area contributed by atoms with E-state index in [9.17, 15) is 0 Å². The maximum Gasteiger partial charge on any atom is 0.119 e. The van der Waals surface area contributed by atoms with Crippen LogP contribution in [0.5, 0.6) is 11.5 Å². The number of rotatable bonds is 6. The molecule has 2 aromatic rings. The molecule has 1 N–H and O–H groups in total. The molecule has 4 nitrogen and oxygen atoms in total. The Balaban J connectivity index is 1.91. The number of hydrogen-bond donors (Lipinski definition) is 1. The molecule has 1 aliphatic heterocycles. The minimum Gasteiger partial charge on any atom is -0.497 e. The first-order valence-corrected chi connectivity index (χ1v) is 9.13. The molecule has 1 saturated heterocycles. The van der Waals surface area contributed by atoms with Crippen LogP contribution in [0.3, 0.4) is 0 Å². The lowest BCUT2D eigenvalue weighted by Gasteiger charge is -2.31. The summed E-state index contributed by atoms with van der Waals surface area (Å²) in [6, 6.07) is 17.2. The monoisotopic (exact) mass is 340 g/mol. The third-order valence-corrected chi connectivity index (χ3v) is 4.68. The Bertz CT molecular complexity index is 632. The summed E-state index contributed by atoms with van der Waals surface area (Å²) in [4.78, 5) is 2.57. The maximum atomic E-state index is 5.60. The van der Waals surface area contributed by atoms with E-state index >= 15 is 0 Å². The molecule has 0 bridgehead atoms. The van der Waals surface area contributed by atoms with E-state index in [-0.39, 0.29) is 6.04 Å². The fraction of sp³-hybridized carbons (Fsp3) is 0.429. The van der Waals surface area contributed by atoms with Crippen molar-refractivity contribution in [3.05, 3.63) is 59.7 Å². The van der Waals surface area contributed by atoms with Crippen LogP contribution in [0, 0.1) is 0 Å². The van der Waals surface area contributed by atoms with Gasteiger partial charge in [-0.15, -0.1) is 0 Å². The first kappa shape index (κ1) is 17.8. The zero-order chi connectivity index (χ0) is 17.5. The van der Waals surface area contributed by atoms with Gasteiger partial charge in [0, 0.05) is 19.6 Å². The Morgan fingerprint density at radius 3 is 2.16 bits per heavy atom. The fourth-order valence-corrected chi connectivity index (χ4v) is 3.44. The van der Waals surface area contributed by atoms with Gasteiger partial charge in [-0.3, -0.25) is 4.90 Å². The zero-order valence-corrected chi connectivity index (χ0v) is 15.2. The molecule has 0 spiro atoms. The number of hydrogen-bond acceptors (Lipinski definition) is 4. The van der Waals surface area contributed by atoms with Gasteiger partial charge >= 0.3 is 0 Å². The van der Waals surface area contributed by atoms with Crippen molar-refractivity contribution in [2.24, 2.45) is 0 Å². The molecule has 25 heavy (non-hydrogen) atoms. The smallest absolute Gasteiger partial charge is 0.119 e. The Hall–Kier alpha value is -2.04. The van der Waals surface area contributed by atoms with Gasteiger partial charge in [0.1, 0.15) is 11.5 Å². The summed E-state index contributed by atoms with van der Waals surface area (Å²) in [5.41, 5.74) is 2.60. The second-order valence-electron chi connectivity index (χ2n) is 6.32. The summed E-state index contributed by atoms with van der Waals surface area (Å²) >= 11 is 0. The lowest BCUT2D eigenvalue weighted by molar-refractivity contribution is 0.241. The van der Waals surface area contributed by atoms with Gasteiger partial charge in [0.2, 0.25) is 0 Å². The molecule has 1 atom stereocenters. The van der Waals surface area contributed by atoms with Crippen LogP contribution in [0.1, 0.15) is 30.5 Å². The third kappa shape index (κ3) is 4.53. The highest BCUT2D eigenvalue weighted by Crippen LogP contribution is 2.31. The number of methoxy groups -OCH3 is 1. The molecule has 1 heterocycles. The van der Waals surface area contributed by atoms with E-state index in [4.69, 9.17) is 9.47 Å². The molecular formula is C21H28N2O2. The van der Waals surface area contributed by atoms with Gasteiger partial charge in [-0.05, 0) is 55.3 Å². The van der Waals surface area contributed by atoms with Crippen LogP contribution in [0.25, 0.3) is 0 Å². The summed E-state index contributed by atoms with van der Waals surface area (Å²) in [6.45, 7) is 6.97. The predicted octanol–water partition coefficient (Wildman–Crippen LogP) is 3.48. The Morgan fingerprint density at radius 2 is 1.56 bits per heavy atom. The average molecular weight is 340 g/mol. The fourth-order valence-electron chi connectivity index (χ4n) is 3.44. The van der Waals surface area contributed by atoms with Crippen molar-refractivity contribution in [3.8, 4) is 11.5 Å². The first-order valence-electron chi connectivity index (χ1n) is 9.13. The van der Waals surface area contributed by atoms with Crippen LogP contribution < -0.4 is 14.8 Å². The molecule has 134 valence electrons. The zero-order valence-electron chi connectivity index (χ0n) is 15.2. The van der Waals surface area contributed by atoms with Crippen LogP contribution in [0.15, 0.2) is 48.5 Å². The molecule has 0 saturated carbocycles. The van der Waals surface area contributed by atoms with Crippen LogP contribution in [0.2, 0.25) is 0 Å². The van der Waals surface area contributed by atoms with Crippen LogP contribution >= 0.6 is 0 Å². The molecule has 0 radical (unpaired) electrons. The van der Waals surface area contributed by atoms with Gasteiger partial charge in [0.25, 0.3) is 0 Å². The summed E-state index contributed by atoms with van der Waals surface area (Å²) in [6.07, 6.45) is 1.17. The lowest BCUT2D eigenvalue weighted by atomic mass is 9.96. The minimum absolute atomic E-state index is 0.251. The summed E-state index contributed by atoms with van der Waals surface area (Å²) < 4.78 is 10.9. The second-order valence-corrected chi connectivity index (χ2v) is 6.32. The van der Waals surface area contributed by atoms with E-state index in [1.54, 1.807) is 7.11 Å². The van der Waals surface area contributed by atoms with Crippen LogP contribution in [-0.2, 0) is 0 Å². The molecule has 0 aromatic heterocycles. The lowest BCUT2D eigenvalue weighted by Crippen LogP contribution is -2.33. The van der Waals surface area contributed by atoms with Crippen molar-refractivity contribution in [2.45, 2.75) is 19.4 Å². The van der Waals surface area contributed by atoms with E-state index in [0.29, 0.717) is 6.61 Å². The summed E-state index contributed by atoms with van der Waals surface area (Å²) in [5.74, 6) is 1.82. The maximum absolute atomic E-state index is 5.60. The van der Waals surface area contributed by atoms with E-state index in [2.05, 4.69) is 46.6 Å². The highest BCUT2D eigenvalue weighted by Gasteiger charge is 2.23. The Labute approximate surface area is 150 Å². The average Bonchev–Trinajstić information content (AvgIpc) is 2.94. The molecule has 0 amide bonds. The number of ether oxygens (including phenoxy) is 2. The van der Waals surface area contributed by atoms with E-state index in [1.165, 1.54) is 17.5 Å². The largest absolute Gasteiger partial charge is 0.497 e. The van der Waals surface area contributed by atoms with Crippen molar-refractivity contribution < 1.29 is 9.47 Å². The topological polar surface area (TPSA) is 33.7 Å². The molecular weight excluding hydrogens is 312 g/mol. The van der Waals surface area contributed by atoms with Gasteiger partial charge < -0.3 is 14.8 Å². The predicted molar refractivity (Wildman–Crippen MR) is 102 cm³/mol. The normalized spacial score (nSPS) is 16.9. The Kier molecular flexibility index (Phi) is 6.31. The highest BCUT2D eigenvalue weighted by atomic mass is 16.5. The molecule has 0 aliphatic carbocycles. The van der Waals surface area contributed by atoms with Crippen molar-refractivity contribution in [2.75, 3.05) is 39.9 Å². The second kappa shape index (κ2) is 8.88. The summed E-state index contributed by atoms with van der Waals surface area (Å²) in [5, 5.41) is 3.50. The van der Waals surface area contributed by atoms with Crippen molar-refractivity contribution >= 4 is 0 Å². The molecule has 4 heteroatoms. The van der Waals surface area contributed by atoms with Gasteiger partial charge in [-0.2, -0.15) is 0 Å². The third-order valence-electron chi connectivity index (χ3n) is 4.68.